The van der Waals surface area contributed by atoms with E-state index in [1.165, 1.54) is 5.56 Å². The molecule has 0 radical (unpaired) electrons. The molecule has 6 rings (SSSR count). The van der Waals surface area contributed by atoms with Gasteiger partial charge in [-0.1, -0.05) is 30.3 Å². The average Bonchev–Trinajstić information content (AvgIpc) is 3.56. The second-order valence-electron chi connectivity index (χ2n) is 10.4. The lowest BCUT2D eigenvalue weighted by atomic mass is 9.83. The van der Waals surface area contributed by atoms with Crippen molar-refractivity contribution >= 4 is 39.8 Å². The highest BCUT2D eigenvalue weighted by atomic mass is 35.5. The second-order valence-corrected chi connectivity index (χ2v) is 11.6. The molecule has 1 saturated heterocycles. The monoisotopic (exact) mass is 538 g/mol. The van der Waals surface area contributed by atoms with Gasteiger partial charge in [0.25, 0.3) is 0 Å². The number of anilines is 1. The Morgan fingerprint density at radius 1 is 1.14 bits per heavy atom. The molecule has 10 heteroatoms. The molecule has 1 aromatic carbocycles. The molecular formula is C27H31ClN6O2S. The van der Waals surface area contributed by atoms with Crippen molar-refractivity contribution < 1.29 is 10.2 Å². The van der Waals surface area contributed by atoms with Gasteiger partial charge in [-0.15, -0.1) is 11.3 Å². The summed E-state index contributed by atoms with van der Waals surface area (Å²) in [5, 5.41) is 25.9. The van der Waals surface area contributed by atoms with E-state index in [9.17, 15) is 10.2 Å². The van der Waals surface area contributed by atoms with Crippen LogP contribution in [0.25, 0.3) is 21.6 Å². The number of thiazole rings is 1. The summed E-state index contributed by atoms with van der Waals surface area (Å²) in [4.78, 5) is 16.0. The first-order valence-corrected chi connectivity index (χ1v) is 14.0. The maximum Gasteiger partial charge on any atom is 0.226 e. The number of rotatable bonds is 5. The van der Waals surface area contributed by atoms with E-state index in [-0.39, 0.29) is 23.1 Å². The number of benzene rings is 1. The van der Waals surface area contributed by atoms with Crippen molar-refractivity contribution in [3.05, 3.63) is 58.4 Å². The van der Waals surface area contributed by atoms with Crippen LogP contribution in [-0.4, -0.2) is 67.0 Å². The van der Waals surface area contributed by atoms with E-state index < -0.39 is 12.2 Å². The summed E-state index contributed by atoms with van der Waals surface area (Å²) in [7, 11) is 2.12. The Hall–Kier alpha value is -2.56. The SMILES string of the molecule is CN1CCC[C@H]([C@H]2C[C@@H](n3cc(-c4nc(Cc5ccccc5)cs4)c4c(N)nc(Cl)nc43)[C@H](O)[C@@H]2O)C1. The molecule has 0 amide bonds. The topological polar surface area (TPSA) is 113 Å². The van der Waals surface area contributed by atoms with Gasteiger partial charge < -0.3 is 25.4 Å². The third-order valence-corrected chi connectivity index (χ3v) is 9.10. The maximum atomic E-state index is 11.2. The lowest BCUT2D eigenvalue weighted by Gasteiger charge is -2.34. The number of fused-ring (bicyclic) bond motifs is 1. The van der Waals surface area contributed by atoms with Crippen LogP contribution < -0.4 is 5.73 Å². The normalized spacial score (nSPS) is 26.8. The largest absolute Gasteiger partial charge is 0.390 e. The molecule has 4 N–H and O–H groups in total. The van der Waals surface area contributed by atoms with Gasteiger partial charge in [0.05, 0.1) is 23.2 Å². The Balaban J connectivity index is 1.37. The number of aliphatic hydroxyl groups excluding tert-OH is 2. The van der Waals surface area contributed by atoms with Gasteiger partial charge in [0.2, 0.25) is 5.28 Å². The Bertz CT molecular complexity index is 1410. The van der Waals surface area contributed by atoms with E-state index in [1.54, 1.807) is 11.3 Å². The predicted molar refractivity (Wildman–Crippen MR) is 147 cm³/mol. The predicted octanol–water partition coefficient (Wildman–Crippen LogP) is 4.01. The molecule has 1 saturated carbocycles. The van der Waals surface area contributed by atoms with E-state index in [2.05, 4.69) is 39.4 Å². The van der Waals surface area contributed by atoms with Crippen LogP contribution >= 0.6 is 22.9 Å². The molecule has 4 aromatic rings. The average molecular weight is 539 g/mol. The van der Waals surface area contributed by atoms with E-state index in [4.69, 9.17) is 22.3 Å². The zero-order chi connectivity index (χ0) is 25.7. The number of nitrogen functional groups attached to an aromatic ring is 1. The fraction of sp³-hybridized carbons (Fsp3) is 0.444. The summed E-state index contributed by atoms with van der Waals surface area (Å²) in [5.41, 5.74) is 9.91. The molecule has 0 bridgehead atoms. The molecule has 37 heavy (non-hydrogen) atoms. The molecule has 2 fully saturated rings. The third kappa shape index (κ3) is 4.64. The van der Waals surface area contributed by atoms with Crippen LogP contribution in [0.5, 0.6) is 0 Å². The molecule has 3 aromatic heterocycles. The smallest absolute Gasteiger partial charge is 0.226 e. The highest BCUT2D eigenvalue weighted by molar-refractivity contribution is 7.13. The lowest BCUT2D eigenvalue weighted by Crippen LogP contribution is -2.39. The molecule has 0 unspecified atom stereocenters. The number of aliphatic hydroxyl groups is 2. The number of hydrogen-bond acceptors (Lipinski definition) is 8. The summed E-state index contributed by atoms with van der Waals surface area (Å²) in [6.45, 7) is 2.01. The number of halogens is 1. The quantitative estimate of drug-likeness (QED) is 0.329. The van der Waals surface area contributed by atoms with Crippen molar-refractivity contribution in [2.45, 2.75) is 43.9 Å². The van der Waals surface area contributed by atoms with Gasteiger partial charge in [0, 0.05) is 30.1 Å². The van der Waals surface area contributed by atoms with Gasteiger partial charge in [0.1, 0.15) is 22.6 Å². The molecule has 4 heterocycles. The lowest BCUT2D eigenvalue weighted by molar-refractivity contribution is -0.0125. The van der Waals surface area contributed by atoms with Crippen molar-refractivity contribution in [1.82, 2.24) is 24.4 Å². The molecule has 2 aliphatic rings. The summed E-state index contributed by atoms with van der Waals surface area (Å²) in [5.74, 6) is 0.634. The van der Waals surface area contributed by atoms with Crippen LogP contribution in [0.4, 0.5) is 5.82 Å². The van der Waals surface area contributed by atoms with Gasteiger partial charge >= 0.3 is 0 Å². The van der Waals surface area contributed by atoms with E-state index in [0.717, 1.165) is 48.6 Å². The number of hydrogen-bond donors (Lipinski definition) is 3. The number of piperidine rings is 1. The standard InChI is InChI=1S/C27H31ClN6O2S/c1-33-9-5-8-16(12-33)18-11-20(23(36)22(18)35)34-13-19(21-24(29)31-27(28)32-25(21)34)26-30-17(14-37-26)10-15-6-3-2-4-7-15/h2-4,6-7,13-14,16,18,20,22-23,35-36H,5,8-12H2,1H3,(H2,29,31,32)/t16-,18+,20+,22+,23-/m0/s1. The Morgan fingerprint density at radius 3 is 2.73 bits per heavy atom. The van der Waals surface area contributed by atoms with E-state index in [0.29, 0.717) is 23.4 Å². The third-order valence-electron chi connectivity index (χ3n) is 8.00. The van der Waals surface area contributed by atoms with Gasteiger partial charge in [0.15, 0.2) is 0 Å². The van der Waals surface area contributed by atoms with Crippen molar-refractivity contribution in [1.29, 1.82) is 0 Å². The van der Waals surface area contributed by atoms with Crippen LogP contribution in [0.2, 0.25) is 5.28 Å². The van der Waals surface area contributed by atoms with Crippen LogP contribution in [0, 0.1) is 11.8 Å². The van der Waals surface area contributed by atoms with Crippen LogP contribution in [0.15, 0.2) is 41.9 Å². The molecule has 1 aliphatic heterocycles. The minimum atomic E-state index is -0.916. The summed E-state index contributed by atoms with van der Waals surface area (Å²) in [6.07, 6.45) is 3.80. The summed E-state index contributed by atoms with van der Waals surface area (Å²) in [6, 6.07) is 9.88. The number of nitrogens with two attached hydrogens (primary N) is 1. The van der Waals surface area contributed by atoms with Gasteiger partial charge in [-0.05, 0) is 61.9 Å². The Labute approximate surface area is 224 Å². The van der Waals surface area contributed by atoms with Crippen LogP contribution in [-0.2, 0) is 6.42 Å². The first-order valence-electron chi connectivity index (χ1n) is 12.8. The van der Waals surface area contributed by atoms with Crippen LogP contribution in [0.1, 0.15) is 36.6 Å². The van der Waals surface area contributed by atoms with Crippen molar-refractivity contribution in [2.24, 2.45) is 11.8 Å². The second kappa shape index (κ2) is 9.96. The summed E-state index contributed by atoms with van der Waals surface area (Å²) < 4.78 is 1.94. The zero-order valence-corrected chi connectivity index (χ0v) is 22.2. The van der Waals surface area contributed by atoms with Crippen molar-refractivity contribution in [2.75, 3.05) is 25.9 Å². The fourth-order valence-electron chi connectivity index (χ4n) is 6.22. The fourth-order valence-corrected chi connectivity index (χ4v) is 7.23. The zero-order valence-electron chi connectivity index (χ0n) is 20.7. The van der Waals surface area contributed by atoms with Crippen molar-refractivity contribution in [3.8, 4) is 10.6 Å². The molecular weight excluding hydrogens is 508 g/mol. The van der Waals surface area contributed by atoms with E-state index >= 15 is 0 Å². The maximum absolute atomic E-state index is 11.2. The van der Waals surface area contributed by atoms with E-state index in [1.807, 2.05) is 29.0 Å². The molecule has 194 valence electrons. The number of nitrogens with zero attached hydrogens (tertiary/aromatic N) is 5. The molecule has 5 atom stereocenters. The Kier molecular flexibility index (Phi) is 6.66. The Morgan fingerprint density at radius 2 is 1.95 bits per heavy atom. The number of aromatic nitrogens is 4. The summed E-state index contributed by atoms with van der Waals surface area (Å²) >= 11 is 7.78. The molecule has 8 nitrogen and oxygen atoms in total. The molecule has 0 spiro atoms. The van der Waals surface area contributed by atoms with Crippen molar-refractivity contribution in [3.63, 3.8) is 0 Å². The van der Waals surface area contributed by atoms with Crippen LogP contribution in [0.3, 0.4) is 0 Å². The first kappa shape index (κ1) is 24.8. The highest BCUT2D eigenvalue weighted by Crippen LogP contribution is 2.45. The first-order chi connectivity index (χ1) is 17.9. The minimum absolute atomic E-state index is 0.00986. The van der Waals surface area contributed by atoms with Gasteiger partial charge in [-0.2, -0.15) is 4.98 Å². The van der Waals surface area contributed by atoms with Gasteiger partial charge in [-0.3, -0.25) is 0 Å². The highest BCUT2D eigenvalue weighted by Gasteiger charge is 2.46. The number of likely N-dealkylation sites (tertiary alicyclic amines) is 1. The molecule has 1 aliphatic carbocycles. The van der Waals surface area contributed by atoms with Gasteiger partial charge in [-0.25, -0.2) is 9.97 Å². The minimum Gasteiger partial charge on any atom is -0.390 e.